The number of nitrogens with zero attached hydrogens (tertiary/aromatic N) is 1. The van der Waals surface area contributed by atoms with Crippen molar-refractivity contribution < 1.29 is 9.13 Å². The molecule has 1 heterocycles. The minimum Gasteiger partial charge on any atom is -0.379 e. The Hall–Kier alpha value is -2.26. The Balaban J connectivity index is 1.80. The lowest BCUT2D eigenvalue weighted by atomic mass is 10.0. The summed E-state index contributed by atoms with van der Waals surface area (Å²) < 4.78 is 20.3. The van der Waals surface area contributed by atoms with Crippen LogP contribution >= 0.6 is 0 Å². The first-order valence-electron chi connectivity index (χ1n) is 10.8. The fourth-order valence-corrected chi connectivity index (χ4v) is 3.16. The number of benzene rings is 1. The second-order valence-electron chi connectivity index (χ2n) is 7.49. The molecule has 1 aromatic carbocycles. The Morgan fingerprint density at radius 2 is 1.97 bits per heavy atom. The van der Waals surface area contributed by atoms with E-state index in [-0.39, 0.29) is 5.82 Å². The van der Waals surface area contributed by atoms with E-state index >= 15 is 0 Å². The highest BCUT2D eigenvalue weighted by atomic mass is 19.1. The summed E-state index contributed by atoms with van der Waals surface area (Å²) in [6.45, 7) is 8.91. The molecule has 2 rings (SSSR count). The van der Waals surface area contributed by atoms with Gasteiger partial charge in [-0.2, -0.15) is 0 Å². The molecule has 1 unspecified atom stereocenters. The highest BCUT2D eigenvalue weighted by Crippen LogP contribution is 2.22. The van der Waals surface area contributed by atoms with Gasteiger partial charge < -0.3 is 4.74 Å². The normalized spacial score (nSPS) is 12.4. The number of pyridine rings is 1. The Morgan fingerprint density at radius 3 is 2.66 bits per heavy atom. The molecule has 0 N–H and O–H groups in total. The molecule has 0 saturated carbocycles. The lowest BCUT2D eigenvalue weighted by Gasteiger charge is -2.12. The molecule has 0 amide bonds. The van der Waals surface area contributed by atoms with Crippen LogP contribution in [0.25, 0.3) is 17.2 Å². The summed E-state index contributed by atoms with van der Waals surface area (Å²) in [4.78, 5) is 4.39. The standard InChI is InChI=1S/C26H34FNO/c1-4-6-10-18-29-21(3)12-8-7-9-13-22-14-15-23(19-26(22)27)24-16-17-25(11-5-2)28-20-24/h5,9,13-17,19-21H,2,4,6-8,10-12,18H2,1,3H3. The van der Waals surface area contributed by atoms with Gasteiger partial charge in [-0.1, -0.05) is 56.2 Å². The average Bonchev–Trinajstić information content (AvgIpc) is 2.73. The number of rotatable bonds is 13. The van der Waals surface area contributed by atoms with Crippen LogP contribution in [0.1, 0.15) is 63.6 Å². The summed E-state index contributed by atoms with van der Waals surface area (Å²) in [5, 5.41) is 0. The van der Waals surface area contributed by atoms with Gasteiger partial charge in [-0.3, -0.25) is 4.98 Å². The van der Waals surface area contributed by atoms with Gasteiger partial charge in [0.1, 0.15) is 5.82 Å². The number of aromatic nitrogens is 1. The minimum atomic E-state index is -0.207. The predicted octanol–water partition coefficient (Wildman–Crippen LogP) is 7.40. The molecular weight excluding hydrogens is 361 g/mol. The molecule has 0 radical (unpaired) electrons. The quantitative estimate of drug-likeness (QED) is 0.260. The number of unbranched alkanes of at least 4 members (excludes halogenated alkanes) is 3. The second-order valence-corrected chi connectivity index (χ2v) is 7.49. The van der Waals surface area contributed by atoms with Crippen molar-refractivity contribution in [3.05, 3.63) is 72.3 Å². The minimum absolute atomic E-state index is 0.207. The van der Waals surface area contributed by atoms with Gasteiger partial charge in [0.15, 0.2) is 0 Å². The molecule has 0 aliphatic rings. The van der Waals surface area contributed by atoms with E-state index in [4.69, 9.17) is 4.74 Å². The van der Waals surface area contributed by atoms with E-state index in [9.17, 15) is 4.39 Å². The van der Waals surface area contributed by atoms with Gasteiger partial charge in [-0.15, -0.1) is 6.58 Å². The van der Waals surface area contributed by atoms with Crippen molar-refractivity contribution >= 4 is 6.08 Å². The number of halogens is 1. The zero-order valence-corrected chi connectivity index (χ0v) is 17.9. The summed E-state index contributed by atoms with van der Waals surface area (Å²) in [6, 6.07) is 9.28. The lowest BCUT2D eigenvalue weighted by Crippen LogP contribution is -2.08. The van der Waals surface area contributed by atoms with Crippen LogP contribution in [0.15, 0.2) is 55.3 Å². The first-order valence-corrected chi connectivity index (χ1v) is 10.8. The highest BCUT2D eigenvalue weighted by Gasteiger charge is 2.05. The van der Waals surface area contributed by atoms with E-state index in [1.807, 2.05) is 42.5 Å². The molecule has 29 heavy (non-hydrogen) atoms. The third kappa shape index (κ3) is 8.33. The van der Waals surface area contributed by atoms with Crippen LogP contribution in [0.5, 0.6) is 0 Å². The molecule has 2 aromatic rings. The van der Waals surface area contributed by atoms with Crippen LogP contribution in [0.4, 0.5) is 4.39 Å². The summed E-state index contributed by atoms with van der Waals surface area (Å²) in [6.07, 6.45) is 15.2. The van der Waals surface area contributed by atoms with Crippen LogP contribution in [-0.4, -0.2) is 17.7 Å². The average molecular weight is 396 g/mol. The molecular formula is C26H34FNO. The first kappa shape index (κ1) is 23.0. The molecule has 0 bridgehead atoms. The lowest BCUT2D eigenvalue weighted by molar-refractivity contribution is 0.0566. The Labute approximate surface area is 175 Å². The van der Waals surface area contributed by atoms with Crippen molar-refractivity contribution in [1.29, 1.82) is 0 Å². The maximum atomic E-state index is 14.5. The first-order chi connectivity index (χ1) is 14.1. The summed E-state index contributed by atoms with van der Waals surface area (Å²) in [5.41, 5.74) is 3.34. The van der Waals surface area contributed by atoms with Crippen LogP contribution in [-0.2, 0) is 11.2 Å². The van der Waals surface area contributed by atoms with E-state index in [1.165, 1.54) is 12.8 Å². The fraction of sp³-hybridized carbons (Fsp3) is 0.423. The van der Waals surface area contributed by atoms with Crippen molar-refractivity contribution in [2.45, 2.75) is 64.9 Å². The molecule has 1 aromatic heterocycles. The molecule has 0 aliphatic carbocycles. The summed E-state index contributed by atoms with van der Waals surface area (Å²) in [5.74, 6) is -0.207. The van der Waals surface area contributed by atoms with Gasteiger partial charge in [0.05, 0.1) is 6.10 Å². The predicted molar refractivity (Wildman–Crippen MR) is 121 cm³/mol. The molecule has 0 spiro atoms. The summed E-state index contributed by atoms with van der Waals surface area (Å²) >= 11 is 0. The molecule has 0 fully saturated rings. The largest absolute Gasteiger partial charge is 0.379 e. The third-order valence-corrected chi connectivity index (χ3v) is 4.94. The van der Waals surface area contributed by atoms with E-state index in [2.05, 4.69) is 25.4 Å². The summed E-state index contributed by atoms with van der Waals surface area (Å²) in [7, 11) is 0. The fourth-order valence-electron chi connectivity index (χ4n) is 3.16. The van der Waals surface area contributed by atoms with Crippen molar-refractivity contribution in [1.82, 2.24) is 4.98 Å². The molecule has 3 heteroatoms. The molecule has 156 valence electrons. The second kappa shape index (κ2) is 13.1. The zero-order valence-electron chi connectivity index (χ0n) is 17.9. The number of ether oxygens (including phenoxy) is 1. The number of hydrogen-bond donors (Lipinski definition) is 0. The van der Waals surface area contributed by atoms with Gasteiger partial charge >= 0.3 is 0 Å². The number of hydrogen-bond acceptors (Lipinski definition) is 2. The van der Waals surface area contributed by atoms with E-state index < -0.39 is 0 Å². The maximum absolute atomic E-state index is 14.5. The highest BCUT2D eigenvalue weighted by molar-refractivity contribution is 5.65. The van der Waals surface area contributed by atoms with Crippen LogP contribution in [0, 0.1) is 5.82 Å². The van der Waals surface area contributed by atoms with Gasteiger partial charge in [-0.05, 0) is 50.3 Å². The third-order valence-electron chi connectivity index (χ3n) is 4.94. The van der Waals surface area contributed by atoms with Gasteiger partial charge in [0.25, 0.3) is 0 Å². The van der Waals surface area contributed by atoms with Gasteiger partial charge in [0, 0.05) is 36.0 Å². The Bertz CT molecular complexity index is 767. The van der Waals surface area contributed by atoms with E-state index in [1.54, 1.807) is 12.3 Å². The monoisotopic (exact) mass is 395 g/mol. The van der Waals surface area contributed by atoms with Crippen molar-refractivity contribution in [3.63, 3.8) is 0 Å². The van der Waals surface area contributed by atoms with E-state index in [0.717, 1.165) is 55.5 Å². The molecule has 0 saturated heterocycles. The topological polar surface area (TPSA) is 22.1 Å². The van der Waals surface area contributed by atoms with Crippen LogP contribution in [0.2, 0.25) is 0 Å². The molecule has 2 nitrogen and oxygen atoms in total. The number of allylic oxidation sites excluding steroid dienone is 2. The van der Waals surface area contributed by atoms with Crippen molar-refractivity contribution in [3.8, 4) is 11.1 Å². The van der Waals surface area contributed by atoms with Crippen LogP contribution < -0.4 is 0 Å². The van der Waals surface area contributed by atoms with Gasteiger partial charge in [-0.25, -0.2) is 4.39 Å². The van der Waals surface area contributed by atoms with Gasteiger partial charge in [0.2, 0.25) is 0 Å². The SMILES string of the molecule is C=CCc1ccc(-c2ccc(C=CCCCC(C)OCCCCC)c(F)c2)cn1. The van der Waals surface area contributed by atoms with Crippen molar-refractivity contribution in [2.24, 2.45) is 0 Å². The van der Waals surface area contributed by atoms with E-state index in [0.29, 0.717) is 11.7 Å². The van der Waals surface area contributed by atoms with Crippen molar-refractivity contribution in [2.75, 3.05) is 6.61 Å². The Morgan fingerprint density at radius 1 is 1.14 bits per heavy atom. The Kier molecular flexibility index (Phi) is 10.4. The molecule has 0 aliphatic heterocycles. The smallest absolute Gasteiger partial charge is 0.131 e. The maximum Gasteiger partial charge on any atom is 0.131 e. The van der Waals surface area contributed by atoms with Crippen LogP contribution in [0.3, 0.4) is 0 Å². The zero-order chi connectivity index (χ0) is 20.9. The molecule has 1 atom stereocenters.